The van der Waals surface area contributed by atoms with E-state index in [1.54, 1.807) is 6.08 Å². The number of rotatable bonds is 71. The highest BCUT2D eigenvalue weighted by Crippen LogP contribution is 2.34. The third-order valence-electron chi connectivity index (χ3n) is 22.0. The highest BCUT2D eigenvalue weighted by molar-refractivity contribution is 5.76. The van der Waals surface area contributed by atoms with Crippen LogP contribution in [0, 0.1) is 0 Å². The van der Waals surface area contributed by atoms with Gasteiger partial charge in [0.15, 0.2) is 18.9 Å². The molecule has 17 unspecified atom stereocenters. The van der Waals surface area contributed by atoms with Crippen LogP contribution < -0.4 is 5.32 Å². The average Bonchev–Trinajstić information content (AvgIpc) is 0.781. The number of aliphatic hydroxyl groups excluding tert-OH is 11. The van der Waals surface area contributed by atoms with E-state index in [0.29, 0.717) is 12.8 Å². The van der Waals surface area contributed by atoms with Gasteiger partial charge in [-0.2, -0.15) is 0 Å². The molecule has 19 nitrogen and oxygen atoms in total. The number of allylic oxidation sites excluding steroid dienone is 3. The van der Waals surface area contributed by atoms with E-state index in [1.807, 2.05) is 6.08 Å². The van der Waals surface area contributed by atoms with E-state index < -0.39 is 124 Å². The van der Waals surface area contributed by atoms with Crippen LogP contribution in [0.5, 0.6) is 0 Å². The van der Waals surface area contributed by atoms with Crippen molar-refractivity contribution in [3.63, 3.8) is 0 Å². The summed E-state index contributed by atoms with van der Waals surface area (Å²) in [7, 11) is 0. The number of hydrogen-bond donors (Lipinski definition) is 12. The first-order valence-electron chi connectivity index (χ1n) is 43.6. The molecule has 19 heteroatoms. The van der Waals surface area contributed by atoms with Gasteiger partial charge < -0.3 is 89.9 Å². The van der Waals surface area contributed by atoms with Crippen LogP contribution in [0.2, 0.25) is 0 Å². The number of ether oxygens (including phenoxy) is 6. The van der Waals surface area contributed by atoms with Crippen molar-refractivity contribution in [3.05, 3.63) is 24.3 Å². The zero-order chi connectivity index (χ0) is 75.3. The monoisotopic (exact) mass is 1480 g/mol. The molecule has 17 atom stereocenters. The summed E-state index contributed by atoms with van der Waals surface area (Å²) >= 11 is 0. The number of unbranched alkanes of at least 4 members (excludes halogenated alkanes) is 53. The Bertz CT molecular complexity index is 1970. The molecule has 3 aliphatic heterocycles. The van der Waals surface area contributed by atoms with Crippen LogP contribution in [0.15, 0.2) is 24.3 Å². The van der Waals surface area contributed by atoms with E-state index >= 15 is 0 Å². The SMILES string of the molecule is CCCCCCCCCCCCCCCCCCCCCCCCCCC/C=C/CC/C=C/C(O)C(COC1OC(CO)C(OC2OC(CO)C(OC3OC(CO)C(O)C(O)C3O)C(O)C2O)C(O)C1O)NC(=O)CCCCCCCCCCCCCCCCCCCCCCCCCCCCCC. The fraction of sp³-hybridized carbons (Fsp3) is 0.941. The maximum atomic E-state index is 13.5. The van der Waals surface area contributed by atoms with Crippen molar-refractivity contribution in [1.29, 1.82) is 0 Å². The van der Waals surface area contributed by atoms with Crippen molar-refractivity contribution < 1.29 is 89.4 Å². The Morgan fingerprint density at radius 1 is 0.337 bits per heavy atom. The normalized spacial score (nSPS) is 26.0. The molecule has 3 saturated heterocycles. The Balaban J connectivity index is 1.36. The molecule has 12 N–H and O–H groups in total. The van der Waals surface area contributed by atoms with E-state index in [-0.39, 0.29) is 18.9 Å². The van der Waals surface area contributed by atoms with E-state index in [0.717, 1.165) is 38.5 Å². The van der Waals surface area contributed by atoms with Gasteiger partial charge in [0, 0.05) is 6.42 Å². The lowest BCUT2D eigenvalue weighted by atomic mass is 9.96. The van der Waals surface area contributed by atoms with E-state index in [4.69, 9.17) is 28.4 Å². The summed E-state index contributed by atoms with van der Waals surface area (Å²) in [5.74, 6) is -0.276. The van der Waals surface area contributed by atoms with Gasteiger partial charge in [-0.15, -0.1) is 0 Å². The molecular formula is C85H161NO18. The lowest BCUT2D eigenvalue weighted by Gasteiger charge is -2.48. The molecule has 614 valence electrons. The highest BCUT2D eigenvalue weighted by Gasteiger charge is 2.54. The van der Waals surface area contributed by atoms with Crippen LogP contribution in [0.25, 0.3) is 0 Å². The summed E-state index contributed by atoms with van der Waals surface area (Å²) < 4.78 is 34.5. The lowest BCUT2D eigenvalue weighted by molar-refractivity contribution is -0.379. The first kappa shape index (κ1) is 96.5. The fourth-order valence-electron chi connectivity index (χ4n) is 15.0. The quantitative estimate of drug-likeness (QED) is 0.0199. The largest absolute Gasteiger partial charge is 0.394 e. The highest BCUT2D eigenvalue weighted by atomic mass is 16.8. The predicted octanol–water partition coefficient (Wildman–Crippen LogP) is 15.7. The topological polar surface area (TPSA) is 307 Å². The predicted molar refractivity (Wildman–Crippen MR) is 416 cm³/mol. The molecule has 0 radical (unpaired) electrons. The zero-order valence-electron chi connectivity index (χ0n) is 66.0. The second-order valence-electron chi connectivity index (χ2n) is 31.4. The lowest BCUT2D eigenvalue weighted by Crippen LogP contribution is -2.66. The van der Waals surface area contributed by atoms with Gasteiger partial charge in [0.1, 0.15) is 73.2 Å². The molecule has 3 heterocycles. The molecule has 0 aromatic rings. The van der Waals surface area contributed by atoms with Crippen LogP contribution in [0.4, 0.5) is 0 Å². The third kappa shape index (κ3) is 44.9. The van der Waals surface area contributed by atoms with Crippen LogP contribution in [0.1, 0.15) is 380 Å². The summed E-state index contributed by atoms with van der Waals surface area (Å²) in [5.41, 5.74) is 0. The summed E-state index contributed by atoms with van der Waals surface area (Å²) in [6, 6.07) is -0.989. The Kier molecular flexibility index (Phi) is 61.2. The average molecular weight is 1490 g/mol. The first-order valence-corrected chi connectivity index (χ1v) is 43.6. The van der Waals surface area contributed by atoms with Gasteiger partial charge in [0.05, 0.1) is 38.6 Å². The molecule has 104 heavy (non-hydrogen) atoms. The molecule has 0 aliphatic carbocycles. The smallest absolute Gasteiger partial charge is 0.220 e. The minimum atomic E-state index is -1.98. The van der Waals surface area contributed by atoms with Crippen LogP contribution in [0.3, 0.4) is 0 Å². The minimum absolute atomic E-state index is 0.241. The van der Waals surface area contributed by atoms with Crippen molar-refractivity contribution >= 4 is 5.91 Å². The van der Waals surface area contributed by atoms with Gasteiger partial charge in [-0.05, 0) is 32.1 Å². The summed E-state index contributed by atoms with van der Waals surface area (Å²) in [6.07, 6.45) is 54.8. The van der Waals surface area contributed by atoms with Crippen LogP contribution >= 0.6 is 0 Å². The number of amides is 1. The molecule has 3 aliphatic rings. The summed E-state index contributed by atoms with van der Waals surface area (Å²) in [5, 5.41) is 121. The third-order valence-corrected chi connectivity index (χ3v) is 22.0. The van der Waals surface area contributed by atoms with Crippen molar-refractivity contribution in [2.45, 2.75) is 484 Å². The number of carbonyl (C=O) groups excluding carboxylic acids is 1. The number of carbonyl (C=O) groups is 1. The van der Waals surface area contributed by atoms with Gasteiger partial charge in [-0.3, -0.25) is 4.79 Å². The number of aliphatic hydroxyl groups is 11. The Morgan fingerprint density at radius 2 is 0.615 bits per heavy atom. The molecule has 0 saturated carbocycles. The Morgan fingerprint density at radius 3 is 0.962 bits per heavy atom. The molecule has 0 spiro atoms. The molecule has 3 fully saturated rings. The van der Waals surface area contributed by atoms with Gasteiger partial charge in [0.2, 0.25) is 5.91 Å². The molecule has 0 aromatic heterocycles. The number of nitrogens with one attached hydrogen (secondary N) is 1. The molecule has 3 rings (SSSR count). The van der Waals surface area contributed by atoms with Crippen molar-refractivity contribution in [2.75, 3.05) is 26.4 Å². The molecule has 0 bridgehead atoms. The standard InChI is InChI=1S/C85H161NO18/c1-3-5-7-9-11-13-15-17-19-21-23-25-27-29-31-33-34-35-36-38-40-42-44-46-48-50-52-54-56-58-60-62-69(90)68(86-73(91)63-61-59-57-55-53-51-49-47-45-43-41-39-37-32-30-28-26-24-22-20-18-16-14-12-10-8-6-4-2)67-99-83-79(97)76(94)81(71(65-88)101-83)104-85-80(98)77(95)82(72(66-89)102-85)103-84-78(96)75(93)74(92)70(64-87)100-84/h52,54,60,62,68-72,74-85,87-90,92-98H,3-51,53,55-59,61,63-67H2,1-2H3,(H,86,91)/b54-52+,62-60+. The minimum Gasteiger partial charge on any atom is -0.394 e. The van der Waals surface area contributed by atoms with Crippen molar-refractivity contribution in [3.8, 4) is 0 Å². The fourth-order valence-corrected chi connectivity index (χ4v) is 15.0. The maximum Gasteiger partial charge on any atom is 0.220 e. The maximum absolute atomic E-state index is 13.5. The summed E-state index contributed by atoms with van der Waals surface area (Å²) in [4.78, 5) is 13.5. The second-order valence-corrected chi connectivity index (χ2v) is 31.4. The van der Waals surface area contributed by atoms with Gasteiger partial charge >= 0.3 is 0 Å². The van der Waals surface area contributed by atoms with E-state index in [9.17, 15) is 61.0 Å². The van der Waals surface area contributed by atoms with E-state index in [2.05, 4.69) is 31.3 Å². The molecule has 1 amide bonds. The first-order chi connectivity index (χ1) is 50.8. The van der Waals surface area contributed by atoms with Crippen molar-refractivity contribution in [2.24, 2.45) is 0 Å². The Hall–Kier alpha value is -1.73. The van der Waals surface area contributed by atoms with Gasteiger partial charge in [0.25, 0.3) is 0 Å². The van der Waals surface area contributed by atoms with Crippen molar-refractivity contribution in [1.82, 2.24) is 5.32 Å². The Labute approximate surface area is 632 Å². The molecule has 0 aromatic carbocycles. The van der Waals surface area contributed by atoms with Crippen LogP contribution in [-0.4, -0.2) is 193 Å². The molecular weight excluding hydrogens is 1320 g/mol. The van der Waals surface area contributed by atoms with Gasteiger partial charge in [-0.1, -0.05) is 366 Å². The van der Waals surface area contributed by atoms with Crippen LogP contribution in [-0.2, 0) is 33.2 Å². The zero-order valence-corrected chi connectivity index (χ0v) is 66.0. The van der Waals surface area contributed by atoms with Gasteiger partial charge in [-0.25, -0.2) is 0 Å². The van der Waals surface area contributed by atoms with E-state index in [1.165, 1.54) is 308 Å². The second kappa shape index (κ2) is 65.9. The summed E-state index contributed by atoms with van der Waals surface area (Å²) in [6.45, 7) is 1.79. The number of hydrogen-bond acceptors (Lipinski definition) is 18.